The lowest BCUT2D eigenvalue weighted by Gasteiger charge is -2.22. The molecule has 1 saturated heterocycles. The second-order valence-electron chi connectivity index (χ2n) is 6.44. The maximum Gasteiger partial charge on any atom is 0.329 e. The maximum atomic E-state index is 12.6. The third-order valence-electron chi connectivity index (χ3n) is 4.60. The number of rotatable bonds is 3. The van der Waals surface area contributed by atoms with E-state index in [0.717, 1.165) is 43.3 Å². The molecular weight excluding hydrogens is 354 g/mol. The highest BCUT2D eigenvalue weighted by Gasteiger charge is 2.22. The van der Waals surface area contributed by atoms with Crippen molar-refractivity contribution in [2.45, 2.75) is 19.9 Å². The molecule has 0 amide bonds. The highest BCUT2D eigenvalue weighted by Crippen LogP contribution is 2.22. The van der Waals surface area contributed by atoms with E-state index < -0.39 is 11.2 Å². The Morgan fingerprint density at radius 2 is 2.08 bits per heavy atom. The second kappa shape index (κ2) is 6.69. The first-order chi connectivity index (χ1) is 12.5. The molecule has 4 rings (SSSR count). The molecule has 2 N–H and O–H groups in total. The normalized spacial score (nSPS) is 15.5. The molecule has 1 fully saturated rings. The number of nitrogens with one attached hydrogen (secondary N) is 2. The van der Waals surface area contributed by atoms with Gasteiger partial charge in [-0.3, -0.25) is 18.9 Å². The van der Waals surface area contributed by atoms with Gasteiger partial charge in [0.2, 0.25) is 5.95 Å². The van der Waals surface area contributed by atoms with Gasteiger partial charge in [0.25, 0.3) is 5.56 Å². The van der Waals surface area contributed by atoms with Gasteiger partial charge >= 0.3 is 5.69 Å². The average molecular weight is 375 g/mol. The molecule has 10 heteroatoms. The van der Waals surface area contributed by atoms with E-state index in [1.54, 1.807) is 18.4 Å². The van der Waals surface area contributed by atoms with E-state index in [1.807, 2.05) is 16.9 Å². The van der Waals surface area contributed by atoms with Gasteiger partial charge in [-0.05, 0) is 19.9 Å². The van der Waals surface area contributed by atoms with Crippen LogP contribution >= 0.6 is 11.3 Å². The first-order valence-electron chi connectivity index (χ1n) is 8.61. The van der Waals surface area contributed by atoms with Crippen molar-refractivity contribution < 1.29 is 0 Å². The third kappa shape index (κ3) is 2.95. The lowest BCUT2D eigenvalue weighted by Crippen LogP contribution is -2.31. The van der Waals surface area contributed by atoms with Crippen LogP contribution in [0.5, 0.6) is 0 Å². The van der Waals surface area contributed by atoms with E-state index in [-0.39, 0.29) is 0 Å². The van der Waals surface area contributed by atoms with Gasteiger partial charge in [-0.25, -0.2) is 9.78 Å². The Morgan fingerprint density at radius 3 is 2.85 bits per heavy atom. The van der Waals surface area contributed by atoms with Crippen LogP contribution < -0.4 is 21.5 Å². The first-order valence-corrected chi connectivity index (χ1v) is 9.49. The molecule has 0 atom stereocenters. The van der Waals surface area contributed by atoms with Gasteiger partial charge in [0.05, 0.1) is 17.2 Å². The Morgan fingerprint density at radius 1 is 1.23 bits per heavy atom. The molecule has 3 aromatic heterocycles. The van der Waals surface area contributed by atoms with Crippen LogP contribution in [0.3, 0.4) is 0 Å². The number of hydrogen-bond acceptors (Lipinski definition) is 7. The third-order valence-corrected chi connectivity index (χ3v) is 5.42. The maximum absolute atomic E-state index is 12.6. The van der Waals surface area contributed by atoms with Crippen LogP contribution in [-0.2, 0) is 13.6 Å². The lowest BCUT2D eigenvalue weighted by molar-refractivity contribution is 0.717. The standard InChI is InChI=1S/C16H21N7O2S/c1-10-18-11(9-26-10)8-23-12-13(21(2)16(25)20-14(12)24)19-15(23)22-6-3-4-17-5-7-22/h9,17H,3-8H2,1-2H3,(H,20,24,25). The number of H-pyrrole nitrogens is 1. The molecule has 138 valence electrons. The van der Waals surface area contributed by atoms with E-state index >= 15 is 0 Å². The Balaban J connectivity index is 1.92. The summed E-state index contributed by atoms with van der Waals surface area (Å²) in [4.78, 5) is 38.3. The fraction of sp³-hybridized carbons (Fsp3) is 0.500. The Labute approximate surface area is 153 Å². The van der Waals surface area contributed by atoms with E-state index in [9.17, 15) is 9.59 Å². The molecule has 0 bridgehead atoms. The van der Waals surface area contributed by atoms with Crippen LogP contribution in [0.15, 0.2) is 15.0 Å². The van der Waals surface area contributed by atoms with Crippen LogP contribution in [0, 0.1) is 6.92 Å². The molecule has 3 aromatic rings. The quantitative estimate of drug-likeness (QED) is 0.670. The Hall–Kier alpha value is -2.46. The predicted molar refractivity (Wildman–Crippen MR) is 101 cm³/mol. The van der Waals surface area contributed by atoms with E-state index in [0.29, 0.717) is 23.7 Å². The highest BCUT2D eigenvalue weighted by atomic mass is 32.1. The number of nitrogens with zero attached hydrogens (tertiary/aromatic N) is 5. The summed E-state index contributed by atoms with van der Waals surface area (Å²) in [6.45, 7) is 5.86. The molecule has 0 aromatic carbocycles. The van der Waals surface area contributed by atoms with Crippen LogP contribution in [0.25, 0.3) is 11.2 Å². The number of thiazole rings is 1. The van der Waals surface area contributed by atoms with E-state index in [2.05, 4.69) is 25.2 Å². The van der Waals surface area contributed by atoms with Crippen molar-refractivity contribution in [1.29, 1.82) is 0 Å². The SMILES string of the molecule is Cc1nc(Cn2c(N3CCCNCC3)nc3c2c(=O)[nH]c(=O)n3C)cs1. The number of aromatic amines is 1. The summed E-state index contributed by atoms with van der Waals surface area (Å²) < 4.78 is 3.27. The number of imidazole rings is 1. The van der Waals surface area contributed by atoms with Gasteiger partial charge in [0.1, 0.15) is 0 Å². The van der Waals surface area contributed by atoms with Crippen LogP contribution in [0.1, 0.15) is 17.1 Å². The zero-order valence-electron chi connectivity index (χ0n) is 14.8. The summed E-state index contributed by atoms with van der Waals surface area (Å²) in [5.74, 6) is 0.709. The second-order valence-corrected chi connectivity index (χ2v) is 7.50. The molecule has 4 heterocycles. The van der Waals surface area contributed by atoms with Crippen molar-refractivity contribution in [3.05, 3.63) is 36.9 Å². The van der Waals surface area contributed by atoms with E-state index in [1.165, 1.54) is 4.57 Å². The molecule has 1 aliphatic rings. The number of anilines is 1. The van der Waals surface area contributed by atoms with Crippen LogP contribution in [0.4, 0.5) is 5.95 Å². The van der Waals surface area contributed by atoms with Crippen molar-refractivity contribution in [2.75, 3.05) is 31.1 Å². The topological polar surface area (TPSA) is 101 Å². The van der Waals surface area contributed by atoms with Crippen molar-refractivity contribution in [1.82, 2.24) is 29.4 Å². The first kappa shape index (κ1) is 17.0. The van der Waals surface area contributed by atoms with Gasteiger partial charge < -0.3 is 10.2 Å². The number of fused-ring (bicyclic) bond motifs is 1. The highest BCUT2D eigenvalue weighted by molar-refractivity contribution is 7.09. The monoisotopic (exact) mass is 375 g/mol. The van der Waals surface area contributed by atoms with Crippen LogP contribution in [-0.4, -0.2) is 50.3 Å². The summed E-state index contributed by atoms with van der Waals surface area (Å²) >= 11 is 1.58. The summed E-state index contributed by atoms with van der Waals surface area (Å²) in [6, 6.07) is 0. The summed E-state index contributed by atoms with van der Waals surface area (Å²) in [5.41, 5.74) is 0.819. The number of aryl methyl sites for hydroxylation is 2. The van der Waals surface area contributed by atoms with Crippen LogP contribution in [0.2, 0.25) is 0 Å². The molecule has 9 nitrogen and oxygen atoms in total. The van der Waals surface area contributed by atoms with Crippen molar-refractivity contribution in [2.24, 2.45) is 7.05 Å². The van der Waals surface area contributed by atoms with Gasteiger partial charge in [-0.15, -0.1) is 11.3 Å². The Bertz CT molecular complexity index is 1050. The summed E-state index contributed by atoms with van der Waals surface area (Å²) in [7, 11) is 1.62. The number of hydrogen-bond donors (Lipinski definition) is 2. The molecule has 0 radical (unpaired) electrons. The van der Waals surface area contributed by atoms with Gasteiger partial charge in [0.15, 0.2) is 11.2 Å². The molecule has 26 heavy (non-hydrogen) atoms. The van der Waals surface area contributed by atoms with Crippen molar-refractivity contribution in [3.63, 3.8) is 0 Å². The molecule has 1 aliphatic heterocycles. The molecule has 0 spiro atoms. The predicted octanol–water partition coefficient (Wildman–Crippen LogP) is 0.0362. The minimum absolute atomic E-state index is 0.401. The lowest BCUT2D eigenvalue weighted by atomic mass is 10.4. The summed E-state index contributed by atoms with van der Waals surface area (Å²) in [5, 5.41) is 6.34. The molecular formula is C16H21N7O2S. The van der Waals surface area contributed by atoms with Gasteiger partial charge in [-0.1, -0.05) is 0 Å². The van der Waals surface area contributed by atoms with Gasteiger partial charge in [0, 0.05) is 32.1 Å². The molecule has 0 aliphatic carbocycles. The minimum Gasteiger partial charge on any atom is -0.341 e. The largest absolute Gasteiger partial charge is 0.341 e. The molecule has 0 unspecified atom stereocenters. The fourth-order valence-corrected chi connectivity index (χ4v) is 3.91. The van der Waals surface area contributed by atoms with Gasteiger partial charge in [-0.2, -0.15) is 4.98 Å². The smallest absolute Gasteiger partial charge is 0.329 e. The minimum atomic E-state index is -0.458. The van der Waals surface area contributed by atoms with Crippen molar-refractivity contribution in [3.8, 4) is 0 Å². The number of aromatic nitrogens is 5. The van der Waals surface area contributed by atoms with Crippen molar-refractivity contribution >= 4 is 28.4 Å². The fourth-order valence-electron chi connectivity index (χ4n) is 3.30. The zero-order valence-corrected chi connectivity index (χ0v) is 15.6. The molecule has 0 saturated carbocycles. The van der Waals surface area contributed by atoms with E-state index in [4.69, 9.17) is 0 Å². The average Bonchev–Trinajstić information content (AvgIpc) is 3.07. The Kier molecular flexibility index (Phi) is 4.37. The zero-order chi connectivity index (χ0) is 18.3. The summed E-state index contributed by atoms with van der Waals surface area (Å²) in [6.07, 6.45) is 0.994.